The number of hydrogen-bond acceptors (Lipinski definition) is 4. The molecule has 0 aliphatic rings. The van der Waals surface area contributed by atoms with Crippen LogP contribution in [-0.4, -0.2) is 36.1 Å². The summed E-state index contributed by atoms with van der Waals surface area (Å²) in [4.78, 5) is 6.98. The van der Waals surface area contributed by atoms with E-state index in [0.717, 1.165) is 23.8 Å². The first-order valence-corrected chi connectivity index (χ1v) is 8.26. The summed E-state index contributed by atoms with van der Waals surface area (Å²) >= 11 is 1.87. The van der Waals surface area contributed by atoms with E-state index < -0.39 is 0 Å². The molecule has 0 saturated heterocycles. The first-order chi connectivity index (χ1) is 8.95. The van der Waals surface area contributed by atoms with Gasteiger partial charge in [0.05, 0.1) is 0 Å². The van der Waals surface area contributed by atoms with Gasteiger partial charge < -0.3 is 10.2 Å². The third kappa shape index (κ3) is 5.03. The molecule has 19 heavy (non-hydrogen) atoms. The van der Waals surface area contributed by atoms with E-state index in [1.54, 1.807) is 0 Å². The molecule has 1 rings (SSSR count). The predicted octanol–water partition coefficient (Wildman–Crippen LogP) is 3.08. The Labute approximate surface area is 122 Å². The molecule has 0 fully saturated rings. The Morgan fingerprint density at radius 3 is 2.53 bits per heavy atom. The number of aromatic nitrogens is 1. The normalized spacial score (nSPS) is 12.8. The van der Waals surface area contributed by atoms with Gasteiger partial charge in [-0.25, -0.2) is 4.98 Å². The zero-order chi connectivity index (χ0) is 14.4. The molecule has 0 bridgehead atoms. The maximum Gasteiger partial charge on any atom is 0.128 e. The Morgan fingerprint density at radius 2 is 2.00 bits per heavy atom. The summed E-state index contributed by atoms with van der Waals surface area (Å²) in [5.41, 5.74) is 2.40. The van der Waals surface area contributed by atoms with Crippen LogP contribution < -0.4 is 10.2 Å². The quantitative estimate of drug-likeness (QED) is 0.831. The number of nitrogens with one attached hydrogen (secondary N) is 1. The standard InChI is InChI=1S/C15H27N3S/c1-11(2)16-9-14-7-8-15(17-13(14)4)18(5)12(3)10-19-6/h7-8,11-12,16H,9-10H2,1-6H3. The van der Waals surface area contributed by atoms with E-state index in [0.29, 0.717) is 12.1 Å². The summed E-state index contributed by atoms with van der Waals surface area (Å²) < 4.78 is 0. The summed E-state index contributed by atoms with van der Waals surface area (Å²) in [5, 5.41) is 3.44. The Kier molecular flexibility index (Phi) is 6.66. The summed E-state index contributed by atoms with van der Waals surface area (Å²) in [6, 6.07) is 5.32. The lowest BCUT2D eigenvalue weighted by Crippen LogP contribution is -2.31. The molecule has 108 valence electrons. The number of aryl methyl sites for hydroxylation is 1. The minimum absolute atomic E-state index is 0.501. The first-order valence-electron chi connectivity index (χ1n) is 6.87. The van der Waals surface area contributed by atoms with Crippen LogP contribution in [0.2, 0.25) is 0 Å². The molecule has 1 atom stereocenters. The lowest BCUT2D eigenvalue weighted by molar-refractivity contribution is 0.586. The second-order valence-electron chi connectivity index (χ2n) is 5.36. The number of anilines is 1. The van der Waals surface area contributed by atoms with Crippen LogP contribution in [-0.2, 0) is 6.54 Å². The molecule has 1 heterocycles. The average molecular weight is 281 g/mol. The minimum Gasteiger partial charge on any atom is -0.356 e. The highest BCUT2D eigenvalue weighted by Gasteiger charge is 2.11. The lowest BCUT2D eigenvalue weighted by Gasteiger charge is -2.26. The van der Waals surface area contributed by atoms with Crippen molar-refractivity contribution in [2.24, 2.45) is 0 Å². The van der Waals surface area contributed by atoms with E-state index in [1.165, 1.54) is 5.56 Å². The van der Waals surface area contributed by atoms with Crippen molar-refractivity contribution >= 4 is 17.6 Å². The number of hydrogen-bond donors (Lipinski definition) is 1. The highest BCUT2D eigenvalue weighted by atomic mass is 32.2. The second kappa shape index (κ2) is 7.75. The number of rotatable bonds is 7. The monoisotopic (exact) mass is 281 g/mol. The SMILES string of the molecule is CSCC(C)N(C)c1ccc(CNC(C)C)c(C)n1. The predicted molar refractivity (Wildman–Crippen MR) is 87.2 cm³/mol. The van der Waals surface area contributed by atoms with E-state index in [1.807, 2.05) is 11.8 Å². The number of thioether (sulfide) groups is 1. The van der Waals surface area contributed by atoms with E-state index in [9.17, 15) is 0 Å². The van der Waals surface area contributed by atoms with Gasteiger partial charge in [0.1, 0.15) is 5.82 Å². The molecule has 1 aromatic rings. The molecule has 1 unspecified atom stereocenters. The van der Waals surface area contributed by atoms with Crippen LogP contribution in [0.5, 0.6) is 0 Å². The van der Waals surface area contributed by atoms with Crippen LogP contribution in [0.25, 0.3) is 0 Å². The van der Waals surface area contributed by atoms with Crippen LogP contribution in [0.15, 0.2) is 12.1 Å². The van der Waals surface area contributed by atoms with Gasteiger partial charge in [0, 0.05) is 37.1 Å². The topological polar surface area (TPSA) is 28.2 Å². The highest BCUT2D eigenvalue weighted by Crippen LogP contribution is 2.17. The summed E-state index contributed by atoms with van der Waals surface area (Å²) in [7, 11) is 2.12. The van der Waals surface area contributed by atoms with Crippen molar-refractivity contribution < 1.29 is 0 Å². The lowest BCUT2D eigenvalue weighted by atomic mass is 10.2. The molecule has 0 aliphatic heterocycles. The van der Waals surface area contributed by atoms with Crippen molar-refractivity contribution in [3.8, 4) is 0 Å². The maximum atomic E-state index is 4.73. The second-order valence-corrected chi connectivity index (χ2v) is 6.28. The van der Waals surface area contributed by atoms with E-state index in [2.05, 4.69) is 63.3 Å². The summed E-state index contributed by atoms with van der Waals surface area (Å²) in [6.45, 7) is 9.54. The molecule has 0 amide bonds. The zero-order valence-electron chi connectivity index (χ0n) is 13.0. The van der Waals surface area contributed by atoms with E-state index >= 15 is 0 Å². The summed E-state index contributed by atoms with van der Waals surface area (Å²) in [5.74, 6) is 2.18. The van der Waals surface area contributed by atoms with Gasteiger partial charge in [0.2, 0.25) is 0 Å². The molecule has 0 radical (unpaired) electrons. The molecule has 0 aromatic carbocycles. The molecular formula is C15H27N3S. The van der Waals surface area contributed by atoms with Gasteiger partial charge in [0.15, 0.2) is 0 Å². The van der Waals surface area contributed by atoms with Gasteiger partial charge in [-0.2, -0.15) is 11.8 Å². The number of nitrogens with zero attached hydrogens (tertiary/aromatic N) is 2. The van der Waals surface area contributed by atoms with Gasteiger partial charge in [-0.15, -0.1) is 0 Å². The minimum atomic E-state index is 0.501. The molecule has 1 aromatic heterocycles. The van der Waals surface area contributed by atoms with Crippen molar-refractivity contribution in [1.82, 2.24) is 10.3 Å². The van der Waals surface area contributed by atoms with Crippen LogP contribution >= 0.6 is 11.8 Å². The first kappa shape index (κ1) is 16.3. The van der Waals surface area contributed by atoms with E-state index in [-0.39, 0.29) is 0 Å². The fourth-order valence-electron chi connectivity index (χ4n) is 1.85. The van der Waals surface area contributed by atoms with Crippen molar-refractivity contribution in [2.75, 3.05) is 24.0 Å². The average Bonchev–Trinajstić information content (AvgIpc) is 2.36. The highest BCUT2D eigenvalue weighted by molar-refractivity contribution is 7.98. The Hall–Kier alpha value is -0.740. The molecule has 3 nitrogen and oxygen atoms in total. The van der Waals surface area contributed by atoms with Gasteiger partial charge in [-0.05, 0) is 31.7 Å². The molecule has 0 spiro atoms. The van der Waals surface area contributed by atoms with Crippen LogP contribution in [0.1, 0.15) is 32.0 Å². The van der Waals surface area contributed by atoms with Gasteiger partial charge in [-0.3, -0.25) is 0 Å². The van der Waals surface area contributed by atoms with Crippen molar-refractivity contribution in [3.63, 3.8) is 0 Å². The largest absolute Gasteiger partial charge is 0.356 e. The third-order valence-corrected chi connectivity index (χ3v) is 4.13. The fourth-order valence-corrected chi connectivity index (χ4v) is 2.56. The van der Waals surface area contributed by atoms with Gasteiger partial charge in [0.25, 0.3) is 0 Å². The molecule has 0 aliphatic carbocycles. The summed E-state index contributed by atoms with van der Waals surface area (Å²) in [6.07, 6.45) is 2.14. The Bertz CT molecular complexity index is 393. The third-order valence-electron chi connectivity index (χ3n) is 3.31. The van der Waals surface area contributed by atoms with Crippen molar-refractivity contribution in [3.05, 3.63) is 23.4 Å². The van der Waals surface area contributed by atoms with Crippen molar-refractivity contribution in [2.45, 2.75) is 46.3 Å². The molecule has 4 heteroatoms. The Morgan fingerprint density at radius 1 is 1.32 bits per heavy atom. The molecular weight excluding hydrogens is 254 g/mol. The number of pyridine rings is 1. The van der Waals surface area contributed by atoms with E-state index in [4.69, 9.17) is 4.98 Å². The van der Waals surface area contributed by atoms with Crippen LogP contribution in [0.4, 0.5) is 5.82 Å². The van der Waals surface area contributed by atoms with Gasteiger partial charge in [-0.1, -0.05) is 19.9 Å². The van der Waals surface area contributed by atoms with Crippen molar-refractivity contribution in [1.29, 1.82) is 0 Å². The molecule has 1 N–H and O–H groups in total. The smallest absolute Gasteiger partial charge is 0.128 e. The van der Waals surface area contributed by atoms with Crippen LogP contribution in [0, 0.1) is 6.92 Å². The zero-order valence-corrected chi connectivity index (χ0v) is 13.8. The maximum absolute atomic E-state index is 4.73. The fraction of sp³-hybridized carbons (Fsp3) is 0.667. The Balaban J connectivity index is 2.75. The van der Waals surface area contributed by atoms with Crippen LogP contribution in [0.3, 0.4) is 0 Å². The molecule has 0 saturated carbocycles. The van der Waals surface area contributed by atoms with Gasteiger partial charge >= 0.3 is 0 Å².